The highest BCUT2D eigenvalue weighted by Crippen LogP contribution is 2.29. The second-order valence-corrected chi connectivity index (χ2v) is 8.03. The number of para-hydroxylation sites is 2. The summed E-state index contributed by atoms with van der Waals surface area (Å²) in [4.78, 5) is 25.3. The molecule has 2 amide bonds. The van der Waals surface area contributed by atoms with Crippen molar-refractivity contribution in [1.82, 2.24) is 4.72 Å². The number of benzene rings is 2. The lowest BCUT2D eigenvalue weighted by Gasteiger charge is -2.20. The Labute approximate surface area is 162 Å². The van der Waals surface area contributed by atoms with Gasteiger partial charge in [-0.15, -0.1) is 0 Å². The van der Waals surface area contributed by atoms with Gasteiger partial charge in [0.25, 0.3) is 0 Å². The first-order chi connectivity index (χ1) is 13.4. The van der Waals surface area contributed by atoms with Crippen LogP contribution >= 0.6 is 0 Å². The number of carbonyl (C=O) groups is 2. The first-order valence-corrected chi connectivity index (χ1v) is 10.3. The van der Waals surface area contributed by atoms with E-state index < -0.39 is 26.6 Å². The molecule has 0 radical (unpaired) electrons. The normalized spacial score (nSPS) is 14.3. The Balaban J connectivity index is 1.60. The van der Waals surface area contributed by atoms with Crippen molar-refractivity contribution in [1.29, 1.82) is 0 Å². The molecule has 1 aliphatic heterocycles. The standard InChI is InChI=1S/C19H20FN3O4S/c20-14-6-1-4-9-17(14)28(26,27)21-12-11-18(24)22-15-7-2-3-8-16(15)23-13-5-10-19(23)25/h1-4,6-9,21H,5,10-13H2,(H,22,24). The lowest BCUT2D eigenvalue weighted by Crippen LogP contribution is -2.29. The minimum absolute atomic E-state index is 0.000605. The van der Waals surface area contributed by atoms with Crippen molar-refractivity contribution in [3.05, 3.63) is 54.3 Å². The van der Waals surface area contributed by atoms with E-state index in [2.05, 4.69) is 10.0 Å². The Morgan fingerprint density at radius 3 is 2.54 bits per heavy atom. The molecule has 2 N–H and O–H groups in total. The van der Waals surface area contributed by atoms with Gasteiger partial charge in [0.15, 0.2) is 0 Å². The maximum absolute atomic E-state index is 13.7. The predicted molar refractivity (Wildman–Crippen MR) is 103 cm³/mol. The Bertz CT molecular complexity index is 994. The van der Waals surface area contributed by atoms with Crippen molar-refractivity contribution in [2.75, 3.05) is 23.3 Å². The van der Waals surface area contributed by atoms with Gasteiger partial charge in [-0.3, -0.25) is 9.59 Å². The zero-order valence-electron chi connectivity index (χ0n) is 15.0. The molecule has 0 aromatic heterocycles. The SMILES string of the molecule is O=C(CCNS(=O)(=O)c1ccccc1F)Nc1ccccc1N1CCCC1=O. The Kier molecular flexibility index (Phi) is 6.05. The summed E-state index contributed by atoms with van der Waals surface area (Å²) in [5.74, 6) is -1.28. The number of nitrogens with one attached hydrogen (secondary N) is 2. The molecular formula is C19H20FN3O4S. The van der Waals surface area contributed by atoms with Crippen LogP contribution < -0.4 is 14.9 Å². The zero-order chi connectivity index (χ0) is 20.1. The Morgan fingerprint density at radius 2 is 1.82 bits per heavy atom. The molecule has 0 spiro atoms. The van der Waals surface area contributed by atoms with E-state index in [1.807, 2.05) is 0 Å². The summed E-state index contributed by atoms with van der Waals surface area (Å²) < 4.78 is 40.1. The van der Waals surface area contributed by atoms with E-state index in [-0.39, 0.29) is 18.9 Å². The van der Waals surface area contributed by atoms with Crippen LogP contribution in [0.3, 0.4) is 0 Å². The lowest BCUT2D eigenvalue weighted by atomic mass is 10.2. The lowest BCUT2D eigenvalue weighted by molar-refractivity contribution is -0.117. The smallest absolute Gasteiger partial charge is 0.243 e. The van der Waals surface area contributed by atoms with Gasteiger partial charge in [0.2, 0.25) is 21.8 Å². The van der Waals surface area contributed by atoms with E-state index in [1.54, 1.807) is 29.2 Å². The molecule has 9 heteroatoms. The maximum atomic E-state index is 13.7. The van der Waals surface area contributed by atoms with Crippen LogP contribution in [0.1, 0.15) is 19.3 Å². The molecule has 0 saturated carbocycles. The van der Waals surface area contributed by atoms with E-state index in [0.717, 1.165) is 18.6 Å². The molecule has 2 aromatic rings. The summed E-state index contributed by atoms with van der Waals surface area (Å²) in [5, 5.41) is 2.70. The first-order valence-electron chi connectivity index (χ1n) is 8.82. The summed E-state index contributed by atoms with van der Waals surface area (Å²) in [5.41, 5.74) is 1.10. The van der Waals surface area contributed by atoms with Gasteiger partial charge in [-0.25, -0.2) is 17.5 Å². The second-order valence-electron chi connectivity index (χ2n) is 6.29. The molecule has 28 heavy (non-hydrogen) atoms. The summed E-state index contributed by atoms with van der Waals surface area (Å²) >= 11 is 0. The fraction of sp³-hybridized carbons (Fsp3) is 0.263. The third kappa shape index (κ3) is 4.55. The van der Waals surface area contributed by atoms with Gasteiger partial charge in [0.1, 0.15) is 10.7 Å². The molecule has 7 nitrogen and oxygen atoms in total. The molecular weight excluding hydrogens is 385 g/mol. The van der Waals surface area contributed by atoms with Crippen LogP contribution in [0.2, 0.25) is 0 Å². The van der Waals surface area contributed by atoms with E-state index in [1.165, 1.54) is 12.1 Å². The van der Waals surface area contributed by atoms with Gasteiger partial charge in [-0.2, -0.15) is 0 Å². The summed E-state index contributed by atoms with van der Waals surface area (Å²) in [6.07, 6.45) is 1.09. The monoisotopic (exact) mass is 405 g/mol. The van der Waals surface area contributed by atoms with Gasteiger partial charge >= 0.3 is 0 Å². The number of nitrogens with zero attached hydrogens (tertiary/aromatic N) is 1. The van der Waals surface area contributed by atoms with Crippen molar-refractivity contribution in [3.8, 4) is 0 Å². The van der Waals surface area contributed by atoms with Gasteiger partial charge in [-0.05, 0) is 30.7 Å². The molecule has 1 aliphatic rings. The van der Waals surface area contributed by atoms with E-state index in [4.69, 9.17) is 0 Å². The highest BCUT2D eigenvalue weighted by Gasteiger charge is 2.24. The molecule has 1 fully saturated rings. The molecule has 1 heterocycles. The van der Waals surface area contributed by atoms with Crippen LogP contribution in [-0.2, 0) is 19.6 Å². The number of anilines is 2. The van der Waals surface area contributed by atoms with Gasteiger partial charge < -0.3 is 10.2 Å². The molecule has 3 rings (SSSR count). The van der Waals surface area contributed by atoms with Crippen LogP contribution in [0.4, 0.5) is 15.8 Å². The molecule has 0 aliphatic carbocycles. The summed E-state index contributed by atoms with van der Waals surface area (Å²) in [7, 11) is -4.05. The average Bonchev–Trinajstić information content (AvgIpc) is 3.08. The minimum Gasteiger partial charge on any atom is -0.324 e. The first kappa shape index (κ1) is 20.0. The largest absolute Gasteiger partial charge is 0.324 e. The summed E-state index contributed by atoms with van der Waals surface area (Å²) in [6.45, 7) is 0.404. The van der Waals surface area contributed by atoms with Crippen molar-refractivity contribution >= 4 is 33.2 Å². The van der Waals surface area contributed by atoms with E-state index >= 15 is 0 Å². The zero-order valence-corrected chi connectivity index (χ0v) is 15.8. The molecule has 148 valence electrons. The number of carbonyl (C=O) groups excluding carboxylic acids is 2. The fourth-order valence-corrected chi connectivity index (χ4v) is 4.08. The van der Waals surface area contributed by atoms with Gasteiger partial charge in [0, 0.05) is 25.9 Å². The van der Waals surface area contributed by atoms with Crippen LogP contribution in [0.5, 0.6) is 0 Å². The number of hydrogen-bond donors (Lipinski definition) is 2. The topological polar surface area (TPSA) is 95.6 Å². The maximum Gasteiger partial charge on any atom is 0.243 e. The minimum atomic E-state index is -4.05. The average molecular weight is 405 g/mol. The quantitative estimate of drug-likeness (QED) is 0.739. The van der Waals surface area contributed by atoms with Crippen LogP contribution in [0.15, 0.2) is 53.4 Å². The number of sulfonamides is 1. The molecule has 0 unspecified atom stereocenters. The van der Waals surface area contributed by atoms with E-state index in [9.17, 15) is 22.4 Å². The molecule has 2 aromatic carbocycles. The molecule has 1 saturated heterocycles. The molecule has 0 bridgehead atoms. The van der Waals surface area contributed by atoms with Crippen molar-refractivity contribution < 1.29 is 22.4 Å². The predicted octanol–water partition coefficient (Wildman–Crippen LogP) is 2.26. The van der Waals surface area contributed by atoms with Crippen LogP contribution in [0, 0.1) is 5.82 Å². The van der Waals surface area contributed by atoms with Gasteiger partial charge in [0.05, 0.1) is 11.4 Å². The highest BCUT2D eigenvalue weighted by molar-refractivity contribution is 7.89. The van der Waals surface area contributed by atoms with Crippen molar-refractivity contribution in [3.63, 3.8) is 0 Å². The van der Waals surface area contributed by atoms with Crippen LogP contribution in [-0.4, -0.2) is 33.3 Å². The third-order valence-corrected chi connectivity index (χ3v) is 5.81. The number of amides is 2. The molecule has 0 atom stereocenters. The van der Waals surface area contributed by atoms with Crippen LogP contribution in [0.25, 0.3) is 0 Å². The Hall–Kier alpha value is -2.78. The fourth-order valence-electron chi connectivity index (χ4n) is 2.97. The van der Waals surface area contributed by atoms with Crippen molar-refractivity contribution in [2.45, 2.75) is 24.2 Å². The van der Waals surface area contributed by atoms with Gasteiger partial charge in [-0.1, -0.05) is 24.3 Å². The van der Waals surface area contributed by atoms with E-state index in [0.29, 0.717) is 24.3 Å². The number of rotatable bonds is 7. The number of halogens is 1. The number of hydrogen-bond acceptors (Lipinski definition) is 4. The highest BCUT2D eigenvalue weighted by atomic mass is 32.2. The second kappa shape index (κ2) is 8.49. The van der Waals surface area contributed by atoms with Crippen molar-refractivity contribution in [2.24, 2.45) is 0 Å². The Morgan fingerprint density at radius 1 is 1.11 bits per heavy atom. The third-order valence-electron chi connectivity index (χ3n) is 4.31. The summed E-state index contributed by atoms with van der Waals surface area (Å²) in [6, 6.07) is 12.0.